The number of carbonyl (C=O) groups excluding carboxylic acids is 1. The Bertz CT molecular complexity index is 1000. The van der Waals surface area contributed by atoms with Crippen LogP contribution in [0.3, 0.4) is 0 Å². The lowest BCUT2D eigenvalue weighted by Crippen LogP contribution is -2.46. The Morgan fingerprint density at radius 2 is 1.59 bits per heavy atom. The first-order valence-corrected chi connectivity index (χ1v) is 9.55. The van der Waals surface area contributed by atoms with Crippen molar-refractivity contribution in [2.75, 3.05) is 41.3 Å². The zero-order chi connectivity index (χ0) is 20.1. The second-order valence-electron chi connectivity index (χ2n) is 6.86. The third kappa shape index (κ3) is 4.36. The molecule has 29 heavy (non-hydrogen) atoms. The Kier molecular flexibility index (Phi) is 5.39. The van der Waals surface area contributed by atoms with Gasteiger partial charge in [-0.3, -0.25) is 4.79 Å². The normalized spacial score (nSPS) is 13.6. The number of nitrogens with zero attached hydrogens (tertiary/aromatic N) is 4. The van der Waals surface area contributed by atoms with Crippen LogP contribution in [0.2, 0.25) is 0 Å². The van der Waals surface area contributed by atoms with Crippen molar-refractivity contribution in [2.45, 2.75) is 0 Å². The van der Waals surface area contributed by atoms with Crippen LogP contribution < -0.4 is 15.1 Å². The van der Waals surface area contributed by atoms with E-state index in [1.54, 1.807) is 24.4 Å². The highest BCUT2D eigenvalue weighted by atomic mass is 16.1. The zero-order valence-electron chi connectivity index (χ0n) is 16.0. The number of hydrogen-bond acceptors (Lipinski definition) is 5. The summed E-state index contributed by atoms with van der Waals surface area (Å²) in [7, 11) is 0. The summed E-state index contributed by atoms with van der Waals surface area (Å²) < 4.78 is 0. The Labute approximate surface area is 170 Å². The number of rotatable bonds is 4. The molecule has 0 unspecified atom stereocenters. The Hall–Kier alpha value is -3.85. The maximum Gasteiger partial charge on any atom is 0.255 e. The maximum atomic E-state index is 12.3. The summed E-state index contributed by atoms with van der Waals surface area (Å²) in [5, 5.41) is 11.8. The monoisotopic (exact) mass is 383 g/mol. The molecule has 6 heteroatoms. The van der Waals surface area contributed by atoms with E-state index in [1.807, 2.05) is 48.5 Å². The number of nitrogens with one attached hydrogen (secondary N) is 1. The SMILES string of the molecule is N#Cc1ccc(N2CCN(c3ccc(NC(=O)c4ccccc4)cc3)CC2)nc1. The molecule has 0 atom stereocenters. The lowest BCUT2D eigenvalue weighted by atomic mass is 10.2. The van der Waals surface area contributed by atoms with Gasteiger partial charge in [-0.15, -0.1) is 0 Å². The van der Waals surface area contributed by atoms with Gasteiger partial charge in [-0.2, -0.15) is 5.26 Å². The van der Waals surface area contributed by atoms with Gasteiger partial charge >= 0.3 is 0 Å². The summed E-state index contributed by atoms with van der Waals surface area (Å²) in [5.41, 5.74) is 3.13. The summed E-state index contributed by atoms with van der Waals surface area (Å²) in [6.07, 6.45) is 1.62. The van der Waals surface area contributed by atoms with Gasteiger partial charge in [0.25, 0.3) is 5.91 Å². The van der Waals surface area contributed by atoms with Crippen LogP contribution in [-0.4, -0.2) is 37.1 Å². The van der Waals surface area contributed by atoms with Crippen LogP contribution in [0.15, 0.2) is 72.9 Å². The molecule has 1 amide bonds. The maximum absolute atomic E-state index is 12.3. The van der Waals surface area contributed by atoms with E-state index in [9.17, 15) is 4.79 Å². The molecule has 2 aromatic carbocycles. The van der Waals surface area contributed by atoms with Crippen LogP contribution in [0, 0.1) is 11.3 Å². The Morgan fingerprint density at radius 1 is 0.897 bits per heavy atom. The van der Waals surface area contributed by atoms with Crippen molar-refractivity contribution in [3.63, 3.8) is 0 Å². The molecule has 0 saturated carbocycles. The predicted octanol–water partition coefficient (Wildman–Crippen LogP) is 3.53. The molecule has 1 aliphatic heterocycles. The van der Waals surface area contributed by atoms with Crippen molar-refractivity contribution >= 4 is 23.1 Å². The molecule has 1 aliphatic rings. The smallest absolute Gasteiger partial charge is 0.255 e. The average molecular weight is 383 g/mol. The number of aromatic nitrogens is 1. The summed E-state index contributed by atoms with van der Waals surface area (Å²) >= 11 is 0. The van der Waals surface area contributed by atoms with E-state index in [2.05, 4.69) is 26.2 Å². The Morgan fingerprint density at radius 3 is 2.21 bits per heavy atom. The standard InChI is InChI=1S/C23H21N5O/c24-16-18-6-11-22(25-17-18)28-14-12-27(13-15-28)21-9-7-20(8-10-21)26-23(29)19-4-2-1-3-5-19/h1-11,17H,12-15H2,(H,26,29). The second-order valence-corrected chi connectivity index (χ2v) is 6.86. The molecule has 4 rings (SSSR count). The van der Waals surface area contributed by atoms with Crippen molar-refractivity contribution in [3.05, 3.63) is 84.1 Å². The number of piperazine rings is 1. The summed E-state index contributed by atoms with van der Waals surface area (Å²) in [5.74, 6) is 0.796. The number of amides is 1. The van der Waals surface area contributed by atoms with Crippen LogP contribution >= 0.6 is 0 Å². The molecule has 2 heterocycles. The quantitative estimate of drug-likeness (QED) is 0.746. The minimum Gasteiger partial charge on any atom is -0.368 e. The molecule has 0 radical (unpaired) electrons. The third-order valence-electron chi connectivity index (χ3n) is 5.01. The van der Waals surface area contributed by atoms with Gasteiger partial charge in [0, 0.05) is 49.3 Å². The van der Waals surface area contributed by atoms with Crippen LogP contribution in [0.25, 0.3) is 0 Å². The molecule has 0 aliphatic carbocycles. The number of pyridine rings is 1. The number of anilines is 3. The highest BCUT2D eigenvalue weighted by Crippen LogP contribution is 2.22. The van der Waals surface area contributed by atoms with Crippen molar-refractivity contribution in [2.24, 2.45) is 0 Å². The van der Waals surface area contributed by atoms with Gasteiger partial charge < -0.3 is 15.1 Å². The minimum absolute atomic E-state index is 0.109. The van der Waals surface area contributed by atoms with Gasteiger partial charge in [-0.25, -0.2) is 4.98 Å². The minimum atomic E-state index is -0.109. The van der Waals surface area contributed by atoms with Gasteiger partial charge in [0.1, 0.15) is 11.9 Å². The average Bonchev–Trinajstić information content (AvgIpc) is 2.80. The van der Waals surface area contributed by atoms with Gasteiger partial charge in [0.05, 0.1) is 5.56 Å². The van der Waals surface area contributed by atoms with E-state index >= 15 is 0 Å². The first kappa shape index (κ1) is 18.5. The molecular formula is C23H21N5O. The van der Waals surface area contributed by atoms with Crippen molar-refractivity contribution in [1.82, 2.24) is 4.98 Å². The molecular weight excluding hydrogens is 362 g/mol. The number of hydrogen-bond donors (Lipinski definition) is 1. The summed E-state index contributed by atoms with van der Waals surface area (Å²) in [4.78, 5) is 21.2. The van der Waals surface area contributed by atoms with Crippen molar-refractivity contribution < 1.29 is 4.79 Å². The van der Waals surface area contributed by atoms with Gasteiger partial charge in [-0.1, -0.05) is 18.2 Å². The number of carbonyl (C=O) groups is 1. The fourth-order valence-electron chi connectivity index (χ4n) is 3.38. The lowest BCUT2D eigenvalue weighted by Gasteiger charge is -2.36. The van der Waals surface area contributed by atoms with Gasteiger partial charge in [-0.05, 0) is 48.5 Å². The van der Waals surface area contributed by atoms with Gasteiger partial charge in [0.2, 0.25) is 0 Å². The highest BCUT2D eigenvalue weighted by molar-refractivity contribution is 6.04. The van der Waals surface area contributed by atoms with Crippen LogP contribution in [-0.2, 0) is 0 Å². The predicted molar refractivity (Wildman–Crippen MR) is 114 cm³/mol. The van der Waals surface area contributed by atoms with E-state index in [0.717, 1.165) is 43.4 Å². The lowest BCUT2D eigenvalue weighted by molar-refractivity contribution is 0.102. The van der Waals surface area contributed by atoms with E-state index < -0.39 is 0 Å². The van der Waals surface area contributed by atoms with E-state index in [-0.39, 0.29) is 5.91 Å². The summed E-state index contributed by atoms with van der Waals surface area (Å²) in [6.45, 7) is 3.51. The first-order chi connectivity index (χ1) is 14.2. The third-order valence-corrected chi connectivity index (χ3v) is 5.01. The van der Waals surface area contributed by atoms with Crippen molar-refractivity contribution in [1.29, 1.82) is 5.26 Å². The Balaban J connectivity index is 1.34. The van der Waals surface area contributed by atoms with E-state index in [0.29, 0.717) is 11.1 Å². The molecule has 1 N–H and O–H groups in total. The van der Waals surface area contributed by atoms with Crippen molar-refractivity contribution in [3.8, 4) is 6.07 Å². The summed E-state index contributed by atoms with van der Waals surface area (Å²) in [6, 6.07) is 22.9. The topological polar surface area (TPSA) is 72.3 Å². The molecule has 0 bridgehead atoms. The number of nitriles is 1. The van der Waals surface area contributed by atoms with Gasteiger partial charge in [0.15, 0.2) is 0 Å². The highest BCUT2D eigenvalue weighted by Gasteiger charge is 2.18. The van der Waals surface area contributed by atoms with E-state index in [1.165, 1.54) is 0 Å². The zero-order valence-corrected chi connectivity index (χ0v) is 16.0. The number of benzene rings is 2. The molecule has 1 saturated heterocycles. The second kappa shape index (κ2) is 8.44. The van der Waals surface area contributed by atoms with Crippen LogP contribution in [0.5, 0.6) is 0 Å². The molecule has 1 fully saturated rings. The molecule has 1 aromatic heterocycles. The fourth-order valence-corrected chi connectivity index (χ4v) is 3.38. The first-order valence-electron chi connectivity index (χ1n) is 9.55. The fraction of sp³-hybridized carbons (Fsp3) is 0.174. The largest absolute Gasteiger partial charge is 0.368 e. The van der Waals surface area contributed by atoms with Crippen LogP contribution in [0.4, 0.5) is 17.2 Å². The van der Waals surface area contributed by atoms with Crippen LogP contribution in [0.1, 0.15) is 15.9 Å². The molecule has 3 aromatic rings. The van der Waals surface area contributed by atoms with E-state index in [4.69, 9.17) is 5.26 Å². The molecule has 6 nitrogen and oxygen atoms in total. The molecule has 144 valence electrons. The molecule has 0 spiro atoms.